The maximum absolute atomic E-state index is 13.3. The van der Waals surface area contributed by atoms with Crippen LogP contribution in [0.4, 0.5) is 28.2 Å². The van der Waals surface area contributed by atoms with Crippen LogP contribution in [0.15, 0.2) is 54.4 Å². The van der Waals surface area contributed by atoms with E-state index in [0.29, 0.717) is 47.7 Å². The number of pyridine rings is 1. The molecule has 0 spiro atoms. The van der Waals surface area contributed by atoms with Crippen LogP contribution in [-0.4, -0.2) is 23.0 Å². The Balaban J connectivity index is 1.14. The number of urea groups is 1. The van der Waals surface area contributed by atoms with E-state index >= 15 is 0 Å². The fourth-order valence-corrected chi connectivity index (χ4v) is 4.54. The predicted molar refractivity (Wildman–Crippen MR) is 126 cm³/mol. The van der Waals surface area contributed by atoms with Crippen LogP contribution < -0.4 is 25.4 Å². The van der Waals surface area contributed by atoms with Crippen molar-refractivity contribution in [3.05, 3.63) is 82.4 Å². The zero-order chi connectivity index (χ0) is 26.6. The molecular weight excluding hydrogens is 508 g/mol. The van der Waals surface area contributed by atoms with Gasteiger partial charge in [0.25, 0.3) is 0 Å². The van der Waals surface area contributed by atoms with Gasteiger partial charge in [0.05, 0.1) is 11.3 Å². The van der Waals surface area contributed by atoms with E-state index in [4.69, 9.17) is 9.47 Å². The van der Waals surface area contributed by atoms with Gasteiger partial charge in [-0.15, -0.1) is 0 Å². The van der Waals surface area contributed by atoms with Crippen molar-refractivity contribution in [1.29, 1.82) is 0 Å². The SMILES string of the molecule is O=C1CCc2c(Oc3ccc4c(c3)C3=C(NC(=O)NCc5ccc(F)cc5C(F)(F)F)C3O4)ccnc2N1. The number of amides is 3. The summed E-state index contributed by atoms with van der Waals surface area (Å²) in [5.41, 5.74) is 1.33. The summed E-state index contributed by atoms with van der Waals surface area (Å²) < 4.78 is 64.8. The van der Waals surface area contributed by atoms with Gasteiger partial charge in [0.1, 0.15) is 28.9 Å². The number of alkyl halides is 3. The molecule has 3 heterocycles. The van der Waals surface area contributed by atoms with Crippen LogP contribution >= 0.6 is 0 Å². The van der Waals surface area contributed by atoms with Gasteiger partial charge in [-0.05, 0) is 48.4 Å². The van der Waals surface area contributed by atoms with E-state index in [-0.39, 0.29) is 11.5 Å². The third-order valence-corrected chi connectivity index (χ3v) is 6.38. The molecule has 0 radical (unpaired) electrons. The molecule has 12 heteroatoms. The van der Waals surface area contributed by atoms with Crippen molar-refractivity contribution in [2.75, 3.05) is 5.32 Å². The Kier molecular flexibility index (Phi) is 5.47. The fraction of sp³-hybridized carbons (Fsp3) is 0.192. The van der Waals surface area contributed by atoms with Crippen molar-refractivity contribution >= 4 is 23.3 Å². The molecule has 3 aromatic rings. The minimum atomic E-state index is -4.76. The number of anilines is 1. The maximum atomic E-state index is 13.3. The number of carbonyl (C=O) groups is 2. The molecule has 3 amide bonds. The van der Waals surface area contributed by atoms with Crippen LogP contribution in [0, 0.1) is 5.82 Å². The van der Waals surface area contributed by atoms with Crippen molar-refractivity contribution in [2.45, 2.75) is 31.7 Å². The maximum Gasteiger partial charge on any atom is 0.416 e. The lowest BCUT2D eigenvalue weighted by atomic mass is 10.1. The second-order valence-corrected chi connectivity index (χ2v) is 8.88. The van der Waals surface area contributed by atoms with Gasteiger partial charge in [-0.1, -0.05) is 6.07 Å². The number of halogens is 4. The molecule has 0 saturated carbocycles. The van der Waals surface area contributed by atoms with Gasteiger partial charge < -0.3 is 25.4 Å². The van der Waals surface area contributed by atoms with Crippen molar-refractivity contribution in [3.8, 4) is 17.2 Å². The first-order valence-electron chi connectivity index (χ1n) is 11.6. The monoisotopic (exact) mass is 526 g/mol. The number of nitrogens with one attached hydrogen (secondary N) is 3. The van der Waals surface area contributed by atoms with E-state index in [1.807, 2.05) is 0 Å². The minimum Gasteiger partial charge on any atom is -0.479 e. The smallest absolute Gasteiger partial charge is 0.416 e. The molecule has 1 aliphatic carbocycles. The second kappa shape index (κ2) is 8.75. The number of benzene rings is 2. The van der Waals surface area contributed by atoms with Gasteiger partial charge in [-0.3, -0.25) is 4.79 Å². The van der Waals surface area contributed by atoms with Gasteiger partial charge in [-0.25, -0.2) is 14.2 Å². The lowest BCUT2D eigenvalue weighted by Crippen LogP contribution is -2.34. The first-order valence-corrected chi connectivity index (χ1v) is 11.6. The molecule has 1 unspecified atom stereocenters. The molecule has 3 aliphatic rings. The summed E-state index contributed by atoms with van der Waals surface area (Å²) in [5, 5.41) is 7.70. The highest BCUT2D eigenvalue weighted by Crippen LogP contribution is 2.52. The second-order valence-electron chi connectivity index (χ2n) is 8.88. The van der Waals surface area contributed by atoms with Gasteiger partial charge >= 0.3 is 12.2 Å². The summed E-state index contributed by atoms with van der Waals surface area (Å²) >= 11 is 0. The van der Waals surface area contributed by atoms with Crippen molar-refractivity contribution in [1.82, 2.24) is 15.6 Å². The highest BCUT2D eigenvalue weighted by Gasteiger charge is 2.48. The number of nitrogens with zero attached hydrogens (tertiary/aromatic N) is 1. The zero-order valence-corrected chi connectivity index (χ0v) is 19.4. The summed E-state index contributed by atoms with van der Waals surface area (Å²) in [6, 6.07) is 8.52. The third-order valence-electron chi connectivity index (χ3n) is 6.38. The fourth-order valence-electron chi connectivity index (χ4n) is 4.54. The van der Waals surface area contributed by atoms with Crippen molar-refractivity contribution < 1.29 is 36.6 Å². The Bertz CT molecular complexity index is 1540. The molecule has 0 saturated heterocycles. The average molecular weight is 526 g/mol. The summed E-state index contributed by atoms with van der Waals surface area (Å²) in [6.07, 6.45) is -2.85. The van der Waals surface area contributed by atoms with E-state index in [9.17, 15) is 27.2 Å². The summed E-state index contributed by atoms with van der Waals surface area (Å²) in [5.74, 6) is 1.02. The Morgan fingerprint density at radius 2 is 2.00 bits per heavy atom. The number of aromatic nitrogens is 1. The number of ether oxygens (including phenoxy) is 2. The van der Waals surface area contributed by atoms with Crippen molar-refractivity contribution in [3.63, 3.8) is 0 Å². The summed E-state index contributed by atoms with van der Waals surface area (Å²) in [7, 11) is 0. The molecule has 1 atom stereocenters. The van der Waals surface area contributed by atoms with E-state index in [0.717, 1.165) is 28.8 Å². The van der Waals surface area contributed by atoms with Crippen LogP contribution in [-0.2, 0) is 23.9 Å². The predicted octanol–water partition coefficient (Wildman–Crippen LogP) is 4.90. The van der Waals surface area contributed by atoms with E-state index in [1.165, 1.54) is 0 Å². The van der Waals surface area contributed by atoms with Crippen LogP contribution in [0.2, 0.25) is 0 Å². The Morgan fingerprint density at radius 3 is 2.82 bits per heavy atom. The van der Waals surface area contributed by atoms with Crippen molar-refractivity contribution in [2.24, 2.45) is 0 Å². The lowest BCUT2D eigenvalue weighted by Gasteiger charge is -2.19. The average Bonchev–Trinajstić information content (AvgIpc) is 3.38. The van der Waals surface area contributed by atoms with E-state index in [2.05, 4.69) is 20.9 Å². The lowest BCUT2D eigenvalue weighted by molar-refractivity contribution is -0.138. The minimum absolute atomic E-state index is 0.105. The third kappa shape index (κ3) is 4.38. The molecule has 8 nitrogen and oxygen atoms in total. The quantitative estimate of drug-likeness (QED) is 0.411. The molecule has 2 aromatic carbocycles. The standard InChI is InChI=1S/C26H18F4N4O4/c27-13-2-1-12(17(9-13)26(28,29)30)11-32-25(36)34-22-21-16-10-14(3-5-18(16)38-23(21)22)37-19-7-8-31-24-15(19)4-6-20(35)33-24/h1-3,5,7-10,23H,4,6,11H2,(H,31,33,35)(H2,32,34,36). The topological polar surface area (TPSA) is 102 Å². The van der Waals surface area contributed by atoms with Gasteiger partial charge in [-0.2, -0.15) is 13.2 Å². The van der Waals surface area contributed by atoms with Gasteiger partial charge in [0.2, 0.25) is 5.91 Å². The Hall–Kier alpha value is -4.61. The first-order chi connectivity index (χ1) is 18.2. The van der Waals surface area contributed by atoms with E-state index in [1.54, 1.807) is 30.5 Å². The largest absolute Gasteiger partial charge is 0.479 e. The molecule has 3 N–H and O–H groups in total. The molecule has 2 aliphatic heterocycles. The number of carbonyl (C=O) groups excluding carboxylic acids is 2. The van der Waals surface area contributed by atoms with Crippen LogP contribution in [0.5, 0.6) is 17.2 Å². The highest BCUT2D eigenvalue weighted by molar-refractivity contribution is 5.97. The summed E-state index contributed by atoms with van der Waals surface area (Å²) in [4.78, 5) is 28.2. The molecule has 0 fully saturated rings. The molecule has 1 aromatic heterocycles. The van der Waals surface area contributed by atoms with Gasteiger partial charge in [0, 0.05) is 35.9 Å². The Morgan fingerprint density at radius 1 is 1.16 bits per heavy atom. The first kappa shape index (κ1) is 23.8. The van der Waals surface area contributed by atoms with Crippen LogP contribution in [0.25, 0.3) is 5.57 Å². The molecule has 38 heavy (non-hydrogen) atoms. The van der Waals surface area contributed by atoms with Gasteiger partial charge in [0.15, 0.2) is 6.10 Å². The Labute approximate surface area is 212 Å². The number of fused-ring (bicyclic) bond motifs is 4. The molecule has 194 valence electrons. The summed E-state index contributed by atoms with van der Waals surface area (Å²) in [6.45, 7) is -0.444. The normalized spacial score (nSPS) is 17.1. The molecule has 6 rings (SSSR count). The highest BCUT2D eigenvalue weighted by atomic mass is 19.4. The van der Waals surface area contributed by atoms with E-state index < -0.39 is 36.2 Å². The van der Waals surface area contributed by atoms with Crippen LogP contribution in [0.3, 0.4) is 0 Å². The molecular formula is C26H18F4N4O4. The number of hydrogen-bond donors (Lipinski definition) is 3. The number of rotatable bonds is 5. The zero-order valence-electron chi connectivity index (χ0n) is 19.4. The molecule has 0 bridgehead atoms. The van der Waals surface area contributed by atoms with Crippen LogP contribution in [0.1, 0.15) is 28.7 Å². The number of hydrogen-bond acceptors (Lipinski definition) is 5.